The van der Waals surface area contributed by atoms with Crippen molar-refractivity contribution < 1.29 is 17.1 Å². The van der Waals surface area contributed by atoms with Crippen LogP contribution in [0, 0.1) is 5.92 Å². The summed E-state index contributed by atoms with van der Waals surface area (Å²) in [6.45, 7) is 6.85. The summed E-state index contributed by atoms with van der Waals surface area (Å²) in [5.41, 5.74) is 0. The van der Waals surface area contributed by atoms with Gasteiger partial charge in [0, 0.05) is 0 Å². The molecule has 0 fully saturated rings. The third kappa shape index (κ3) is 8.52. The summed E-state index contributed by atoms with van der Waals surface area (Å²) >= 11 is 0. The standard InChI is InChI=1S/C8H18.Cu/c1-4-6-7-8(3)5-2;/h8H,4-7H2,1-3H3;/q;+1. The van der Waals surface area contributed by atoms with E-state index in [1.807, 2.05) is 0 Å². The van der Waals surface area contributed by atoms with Crippen molar-refractivity contribution >= 4 is 0 Å². The molecule has 0 aromatic heterocycles. The fraction of sp³-hybridized carbons (Fsp3) is 1.00. The van der Waals surface area contributed by atoms with Gasteiger partial charge in [0.2, 0.25) is 0 Å². The van der Waals surface area contributed by atoms with Crippen LogP contribution in [0.2, 0.25) is 0 Å². The molecule has 1 heteroatoms. The van der Waals surface area contributed by atoms with Gasteiger partial charge >= 0.3 is 17.1 Å². The van der Waals surface area contributed by atoms with Gasteiger partial charge in [0.1, 0.15) is 0 Å². The molecule has 0 aromatic carbocycles. The van der Waals surface area contributed by atoms with Crippen LogP contribution in [0.4, 0.5) is 0 Å². The quantitative estimate of drug-likeness (QED) is 0.579. The molecule has 9 heavy (non-hydrogen) atoms. The second-order valence-corrected chi connectivity index (χ2v) is 2.66. The fourth-order valence-electron chi connectivity index (χ4n) is 0.757. The van der Waals surface area contributed by atoms with Gasteiger partial charge in [0.25, 0.3) is 0 Å². The van der Waals surface area contributed by atoms with Gasteiger partial charge < -0.3 is 0 Å². The van der Waals surface area contributed by atoms with E-state index in [9.17, 15) is 0 Å². The number of rotatable bonds is 4. The predicted molar refractivity (Wildman–Crippen MR) is 39.0 cm³/mol. The SMILES string of the molecule is CCCCC(C)CC.[Cu+]. The average Bonchev–Trinajstić information content (AvgIpc) is 1.83. The Bertz CT molecular complexity index is 43.8. The Balaban J connectivity index is 0. The van der Waals surface area contributed by atoms with E-state index < -0.39 is 0 Å². The topological polar surface area (TPSA) is 0 Å². The van der Waals surface area contributed by atoms with Crippen LogP contribution in [0.5, 0.6) is 0 Å². The van der Waals surface area contributed by atoms with Crippen molar-refractivity contribution in [1.29, 1.82) is 0 Å². The molecule has 0 heterocycles. The van der Waals surface area contributed by atoms with Gasteiger partial charge in [0.05, 0.1) is 0 Å². The number of hydrogen-bond donors (Lipinski definition) is 0. The van der Waals surface area contributed by atoms with Gasteiger partial charge in [-0.15, -0.1) is 0 Å². The molecule has 0 radical (unpaired) electrons. The van der Waals surface area contributed by atoms with Gasteiger partial charge in [-0.25, -0.2) is 0 Å². The first kappa shape index (κ1) is 12.2. The Hall–Kier alpha value is 0.519. The van der Waals surface area contributed by atoms with Crippen molar-refractivity contribution in [1.82, 2.24) is 0 Å². The molecule has 0 amide bonds. The largest absolute Gasteiger partial charge is 1.00 e. The van der Waals surface area contributed by atoms with Crippen molar-refractivity contribution in [3.8, 4) is 0 Å². The zero-order chi connectivity index (χ0) is 6.41. The van der Waals surface area contributed by atoms with Gasteiger partial charge in [-0.3, -0.25) is 0 Å². The van der Waals surface area contributed by atoms with Gasteiger partial charge in [-0.05, 0) is 5.92 Å². The zero-order valence-electron chi connectivity index (χ0n) is 6.71. The summed E-state index contributed by atoms with van der Waals surface area (Å²) in [7, 11) is 0. The minimum Gasteiger partial charge on any atom is -0.0654 e. The third-order valence-electron chi connectivity index (χ3n) is 1.75. The summed E-state index contributed by atoms with van der Waals surface area (Å²) in [5, 5.41) is 0. The molecule has 0 saturated heterocycles. The molecule has 0 bridgehead atoms. The molecule has 0 aliphatic carbocycles. The number of unbranched alkanes of at least 4 members (excludes halogenated alkanes) is 1. The third-order valence-corrected chi connectivity index (χ3v) is 1.75. The van der Waals surface area contributed by atoms with E-state index in [1.165, 1.54) is 25.7 Å². The summed E-state index contributed by atoms with van der Waals surface area (Å²) < 4.78 is 0. The first-order valence-electron chi connectivity index (χ1n) is 3.81. The van der Waals surface area contributed by atoms with E-state index in [4.69, 9.17) is 0 Å². The monoisotopic (exact) mass is 177 g/mol. The molecule has 60 valence electrons. The van der Waals surface area contributed by atoms with Crippen LogP contribution in [0.3, 0.4) is 0 Å². The molecular weight excluding hydrogens is 160 g/mol. The van der Waals surface area contributed by atoms with Crippen LogP contribution in [-0.2, 0) is 17.1 Å². The fourth-order valence-corrected chi connectivity index (χ4v) is 0.757. The molecule has 0 nitrogen and oxygen atoms in total. The summed E-state index contributed by atoms with van der Waals surface area (Å²) in [6, 6.07) is 0. The van der Waals surface area contributed by atoms with E-state index in [-0.39, 0.29) is 17.1 Å². The normalized spacial score (nSPS) is 12.3. The first-order valence-corrected chi connectivity index (χ1v) is 3.81. The van der Waals surface area contributed by atoms with Crippen LogP contribution in [-0.4, -0.2) is 0 Å². The Morgan fingerprint density at radius 3 is 2.11 bits per heavy atom. The molecule has 0 aliphatic rings. The van der Waals surface area contributed by atoms with Crippen LogP contribution < -0.4 is 0 Å². The van der Waals surface area contributed by atoms with Crippen molar-refractivity contribution in [3.05, 3.63) is 0 Å². The van der Waals surface area contributed by atoms with Gasteiger partial charge in [-0.2, -0.15) is 0 Å². The molecular formula is C8H18Cu+. The van der Waals surface area contributed by atoms with Crippen LogP contribution in [0.25, 0.3) is 0 Å². The van der Waals surface area contributed by atoms with Crippen molar-refractivity contribution in [2.45, 2.75) is 46.5 Å². The van der Waals surface area contributed by atoms with E-state index >= 15 is 0 Å². The van der Waals surface area contributed by atoms with E-state index in [0.29, 0.717) is 0 Å². The maximum atomic E-state index is 2.33. The van der Waals surface area contributed by atoms with E-state index in [0.717, 1.165) is 5.92 Å². The minimum atomic E-state index is 0. The molecule has 0 aliphatic heterocycles. The molecule has 0 N–H and O–H groups in total. The van der Waals surface area contributed by atoms with Crippen molar-refractivity contribution in [2.75, 3.05) is 0 Å². The van der Waals surface area contributed by atoms with Crippen molar-refractivity contribution in [2.24, 2.45) is 5.92 Å². The van der Waals surface area contributed by atoms with Gasteiger partial charge in [-0.1, -0.05) is 46.5 Å². The average molecular weight is 178 g/mol. The second kappa shape index (κ2) is 8.52. The van der Waals surface area contributed by atoms with E-state index in [1.54, 1.807) is 0 Å². The Labute approximate surface area is 69.9 Å². The molecule has 0 rings (SSSR count). The molecule has 0 aromatic rings. The smallest absolute Gasteiger partial charge is 0.0654 e. The maximum Gasteiger partial charge on any atom is 1.00 e. The van der Waals surface area contributed by atoms with Crippen LogP contribution in [0.15, 0.2) is 0 Å². The Morgan fingerprint density at radius 1 is 1.22 bits per heavy atom. The van der Waals surface area contributed by atoms with Crippen LogP contribution in [0.1, 0.15) is 46.5 Å². The molecule has 1 atom stereocenters. The first-order chi connectivity index (χ1) is 3.81. The molecule has 0 saturated carbocycles. The molecule has 1 unspecified atom stereocenters. The predicted octanol–water partition coefficient (Wildman–Crippen LogP) is 3.22. The summed E-state index contributed by atoms with van der Waals surface area (Å²) in [6.07, 6.45) is 5.53. The molecule has 0 spiro atoms. The van der Waals surface area contributed by atoms with E-state index in [2.05, 4.69) is 20.8 Å². The zero-order valence-corrected chi connectivity index (χ0v) is 7.65. The minimum absolute atomic E-state index is 0. The van der Waals surface area contributed by atoms with Gasteiger partial charge in [0.15, 0.2) is 0 Å². The Kier molecular flexibility index (Phi) is 11.6. The maximum absolute atomic E-state index is 2.33. The summed E-state index contributed by atoms with van der Waals surface area (Å²) in [5.74, 6) is 0.954. The second-order valence-electron chi connectivity index (χ2n) is 2.66. The summed E-state index contributed by atoms with van der Waals surface area (Å²) in [4.78, 5) is 0. The van der Waals surface area contributed by atoms with Crippen molar-refractivity contribution in [3.63, 3.8) is 0 Å². The Morgan fingerprint density at radius 2 is 1.78 bits per heavy atom. The van der Waals surface area contributed by atoms with Crippen LogP contribution >= 0.6 is 0 Å². The number of hydrogen-bond acceptors (Lipinski definition) is 0.